The van der Waals surface area contributed by atoms with Crippen LogP contribution >= 0.6 is 0 Å². The van der Waals surface area contributed by atoms with Gasteiger partial charge in [-0.1, -0.05) is 31.2 Å². The molecule has 0 heterocycles. The van der Waals surface area contributed by atoms with Crippen molar-refractivity contribution in [2.24, 2.45) is 0 Å². The maximum absolute atomic E-state index is 9.80. The number of hydrogen-bond acceptors (Lipinski definition) is 2. The molecule has 1 unspecified atom stereocenters. The highest BCUT2D eigenvalue weighted by atomic mass is 16.3. The highest BCUT2D eigenvalue weighted by molar-refractivity contribution is 5.59. The van der Waals surface area contributed by atoms with Gasteiger partial charge in [0.05, 0.1) is 6.04 Å². The second-order valence-electron chi connectivity index (χ2n) is 5.93. The van der Waals surface area contributed by atoms with Crippen molar-refractivity contribution in [1.82, 2.24) is 0 Å². The predicted molar refractivity (Wildman–Crippen MR) is 88.0 cm³/mol. The zero-order valence-electron chi connectivity index (χ0n) is 12.8. The van der Waals surface area contributed by atoms with Crippen molar-refractivity contribution in [1.29, 1.82) is 0 Å². The van der Waals surface area contributed by atoms with Crippen molar-refractivity contribution in [3.8, 4) is 5.75 Å². The first-order valence-electron chi connectivity index (χ1n) is 7.86. The van der Waals surface area contributed by atoms with Crippen molar-refractivity contribution < 1.29 is 5.11 Å². The molecule has 0 aliphatic heterocycles. The fourth-order valence-corrected chi connectivity index (χ4v) is 3.34. The summed E-state index contributed by atoms with van der Waals surface area (Å²) in [6.45, 7) is 4.36. The number of benzene rings is 2. The molecular weight excluding hydrogens is 258 g/mol. The van der Waals surface area contributed by atoms with Gasteiger partial charge in [-0.05, 0) is 67.0 Å². The molecule has 2 N–H and O–H groups in total. The van der Waals surface area contributed by atoms with Gasteiger partial charge in [-0.25, -0.2) is 0 Å². The van der Waals surface area contributed by atoms with E-state index in [-0.39, 0.29) is 0 Å². The summed E-state index contributed by atoms with van der Waals surface area (Å²) in [6.07, 6.45) is 4.46. The first-order valence-corrected chi connectivity index (χ1v) is 7.86. The fraction of sp³-hybridized carbons (Fsp3) is 0.368. The van der Waals surface area contributed by atoms with Crippen LogP contribution in [0.25, 0.3) is 0 Å². The Balaban J connectivity index is 1.96. The Hall–Kier alpha value is -1.96. The molecule has 0 radical (unpaired) electrons. The smallest absolute Gasteiger partial charge is 0.115 e. The van der Waals surface area contributed by atoms with Crippen LogP contribution in [0.1, 0.15) is 48.1 Å². The quantitative estimate of drug-likeness (QED) is 0.850. The highest BCUT2D eigenvalue weighted by Crippen LogP contribution is 2.36. The lowest BCUT2D eigenvalue weighted by Gasteiger charge is -2.29. The summed E-state index contributed by atoms with van der Waals surface area (Å²) in [5.74, 6) is 0.364. The van der Waals surface area contributed by atoms with E-state index >= 15 is 0 Å². The van der Waals surface area contributed by atoms with E-state index in [1.165, 1.54) is 34.4 Å². The summed E-state index contributed by atoms with van der Waals surface area (Å²) in [6, 6.07) is 12.6. The molecule has 1 atom stereocenters. The van der Waals surface area contributed by atoms with Crippen LogP contribution in [-0.4, -0.2) is 5.11 Å². The van der Waals surface area contributed by atoms with Gasteiger partial charge in [0, 0.05) is 5.69 Å². The highest BCUT2D eigenvalue weighted by Gasteiger charge is 2.21. The normalized spacial score (nSPS) is 17.3. The van der Waals surface area contributed by atoms with Gasteiger partial charge < -0.3 is 10.4 Å². The molecule has 3 rings (SSSR count). The van der Waals surface area contributed by atoms with Gasteiger partial charge >= 0.3 is 0 Å². The third-order valence-corrected chi connectivity index (χ3v) is 4.50. The van der Waals surface area contributed by atoms with Gasteiger partial charge in [-0.2, -0.15) is 0 Å². The molecule has 0 saturated carbocycles. The molecular formula is C19H23NO. The molecule has 1 aliphatic carbocycles. The van der Waals surface area contributed by atoms with Crippen LogP contribution in [0, 0.1) is 6.92 Å². The monoisotopic (exact) mass is 281 g/mol. The number of nitrogens with one attached hydrogen (secondary N) is 1. The number of para-hydroxylation sites is 1. The molecule has 2 aromatic carbocycles. The van der Waals surface area contributed by atoms with Crippen molar-refractivity contribution in [3.63, 3.8) is 0 Å². The molecule has 2 aromatic rings. The first-order chi connectivity index (χ1) is 10.2. The Morgan fingerprint density at radius 2 is 2.10 bits per heavy atom. The Kier molecular flexibility index (Phi) is 3.87. The van der Waals surface area contributed by atoms with Crippen LogP contribution < -0.4 is 5.32 Å². The zero-order chi connectivity index (χ0) is 14.8. The SMILES string of the molecule is CCc1cccc(C)c1NC1CCCc2ccc(O)cc21. The van der Waals surface area contributed by atoms with E-state index in [0.29, 0.717) is 11.8 Å². The lowest BCUT2D eigenvalue weighted by atomic mass is 9.87. The van der Waals surface area contributed by atoms with Crippen molar-refractivity contribution in [3.05, 3.63) is 58.7 Å². The number of phenols is 1. The lowest BCUT2D eigenvalue weighted by molar-refractivity contribution is 0.471. The summed E-state index contributed by atoms with van der Waals surface area (Å²) in [5.41, 5.74) is 6.54. The molecule has 0 saturated heterocycles. The lowest BCUT2D eigenvalue weighted by Crippen LogP contribution is -2.18. The fourth-order valence-electron chi connectivity index (χ4n) is 3.34. The molecule has 0 fully saturated rings. The predicted octanol–water partition coefficient (Wildman–Crippen LogP) is 4.75. The standard InChI is InChI=1S/C19H23NO/c1-3-14-7-4-6-13(2)19(14)20-18-9-5-8-15-10-11-16(21)12-17(15)18/h4,6-7,10-12,18,20-21H,3,5,8-9H2,1-2H3. The summed E-state index contributed by atoms with van der Waals surface area (Å²) < 4.78 is 0. The topological polar surface area (TPSA) is 32.3 Å². The first kappa shape index (κ1) is 14.0. The summed E-state index contributed by atoms with van der Waals surface area (Å²) in [7, 11) is 0. The van der Waals surface area contributed by atoms with E-state index < -0.39 is 0 Å². The molecule has 2 nitrogen and oxygen atoms in total. The van der Waals surface area contributed by atoms with E-state index in [4.69, 9.17) is 0 Å². The Morgan fingerprint density at radius 1 is 1.24 bits per heavy atom. The summed E-state index contributed by atoms with van der Waals surface area (Å²) in [5, 5.41) is 13.5. The number of rotatable bonds is 3. The van der Waals surface area contributed by atoms with Gasteiger partial charge in [-0.3, -0.25) is 0 Å². The second kappa shape index (κ2) is 5.80. The van der Waals surface area contributed by atoms with Crippen molar-refractivity contribution >= 4 is 5.69 Å². The Morgan fingerprint density at radius 3 is 2.90 bits per heavy atom. The molecule has 21 heavy (non-hydrogen) atoms. The maximum atomic E-state index is 9.80. The molecule has 0 amide bonds. The molecule has 110 valence electrons. The van der Waals surface area contributed by atoms with Gasteiger partial charge in [0.15, 0.2) is 0 Å². The van der Waals surface area contributed by atoms with Crippen LogP contribution in [0.5, 0.6) is 5.75 Å². The summed E-state index contributed by atoms with van der Waals surface area (Å²) in [4.78, 5) is 0. The Labute approximate surface area is 126 Å². The van der Waals surface area contributed by atoms with Crippen LogP contribution in [0.4, 0.5) is 5.69 Å². The molecule has 0 aromatic heterocycles. The molecule has 0 bridgehead atoms. The minimum absolute atomic E-state index is 0.298. The molecule has 2 heteroatoms. The molecule has 0 spiro atoms. The summed E-state index contributed by atoms with van der Waals surface area (Å²) >= 11 is 0. The van der Waals surface area contributed by atoms with E-state index in [0.717, 1.165) is 19.3 Å². The van der Waals surface area contributed by atoms with Crippen LogP contribution in [-0.2, 0) is 12.8 Å². The number of fused-ring (bicyclic) bond motifs is 1. The van der Waals surface area contributed by atoms with Crippen LogP contribution in [0.2, 0.25) is 0 Å². The number of anilines is 1. The van der Waals surface area contributed by atoms with E-state index in [1.54, 1.807) is 6.07 Å². The van der Waals surface area contributed by atoms with Gasteiger partial charge in [0.1, 0.15) is 5.75 Å². The minimum Gasteiger partial charge on any atom is -0.508 e. The van der Waals surface area contributed by atoms with Crippen LogP contribution in [0.3, 0.4) is 0 Å². The third kappa shape index (κ3) is 2.76. The van der Waals surface area contributed by atoms with E-state index in [9.17, 15) is 5.11 Å². The van der Waals surface area contributed by atoms with E-state index in [1.807, 2.05) is 6.07 Å². The van der Waals surface area contributed by atoms with Crippen molar-refractivity contribution in [2.45, 2.75) is 45.6 Å². The molecule has 1 aliphatic rings. The number of hydrogen-bond donors (Lipinski definition) is 2. The van der Waals surface area contributed by atoms with E-state index in [2.05, 4.69) is 43.4 Å². The maximum Gasteiger partial charge on any atom is 0.115 e. The number of phenolic OH excluding ortho intramolecular Hbond substituents is 1. The van der Waals surface area contributed by atoms with Gasteiger partial charge in [0.25, 0.3) is 0 Å². The van der Waals surface area contributed by atoms with Crippen LogP contribution in [0.15, 0.2) is 36.4 Å². The Bertz CT molecular complexity index is 648. The average molecular weight is 281 g/mol. The number of aromatic hydroxyl groups is 1. The van der Waals surface area contributed by atoms with Crippen molar-refractivity contribution in [2.75, 3.05) is 5.32 Å². The van der Waals surface area contributed by atoms with Gasteiger partial charge in [-0.15, -0.1) is 0 Å². The second-order valence-corrected chi connectivity index (χ2v) is 5.93. The average Bonchev–Trinajstić information content (AvgIpc) is 2.49. The largest absolute Gasteiger partial charge is 0.508 e. The third-order valence-electron chi connectivity index (χ3n) is 4.50. The number of aryl methyl sites for hydroxylation is 3. The minimum atomic E-state index is 0.298. The van der Waals surface area contributed by atoms with Gasteiger partial charge in [0.2, 0.25) is 0 Å². The zero-order valence-corrected chi connectivity index (χ0v) is 12.8.